The van der Waals surface area contributed by atoms with Gasteiger partial charge in [-0.05, 0) is 30.7 Å². The molecule has 1 aromatic heterocycles. The molecule has 2 aromatic carbocycles. The topological polar surface area (TPSA) is 112 Å². The van der Waals surface area contributed by atoms with Crippen LogP contribution >= 0.6 is 35.0 Å². The van der Waals surface area contributed by atoms with Crippen molar-refractivity contribution in [3.05, 3.63) is 67.9 Å². The minimum Gasteiger partial charge on any atom is -0.484 e. The lowest BCUT2D eigenvalue weighted by Gasteiger charge is -2.09. The van der Waals surface area contributed by atoms with Crippen LogP contribution in [0.25, 0.3) is 0 Å². The zero-order valence-corrected chi connectivity index (χ0v) is 18.8. The molecule has 0 aliphatic rings. The summed E-state index contributed by atoms with van der Waals surface area (Å²) in [6.07, 6.45) is 0. The van der Waals surface area contributed by atoms with Crippen molar-refractivity contribution in [3.8, 4) is 5.75 Å². The highest BCUT2D eigenvalue weighted by Gasteiger charge is 2.15. The molecule has 1 N–H and O–H groups in total. The van der Waals surface area contributed by atoms with E-state index in [1.807, 2.05) is 19.1 Å². The van der Waals surface area contributed by atoms with Gasteiger partial charge in [-0.2, -0.15) is 0 Å². The maximum atomic E-state index is 12.3. The molecule has 0 bridgehead atoms. The number of non-ortho nitro benzene ring substituents is 1. The molecule has 0 radical (unpaired) electrons. The van der Waals surface area contributed by atoms with Crippen LogP contribution in [0.3, 0.4) is 0 Å². The number of amides is 1. The molecule has 0 saturated carbocycles. The number of hydrogen-bond acceptors (Lipinski definition) is 7. The van der Waals surface area contributed by atoms with Gasteiger partial charge in [-0.25, -0.2) is 0 Å². The van der Waals surface area contributed by atoms with E-state index < -0.39 is 4.92 Å². The van der Waals surface area contributed by atoms with Crippen LogP contribution in [0.2, 0.25) is 10.0 Å². The van der Waals surface area contributed by atoms with E-state index in [4.69, 9.17) is 27.9 Å². The number of thioether (sulfide) groups is 1. The van der Waals surface area contributed by atoms with Gasteiger partial charge >= 0.3 is 0 Å². The summed E-state index contributed by atoms with van der Waals surface area (Å²) < 4.78 is 7.44. The van der Waals surface area contributed by atoms with E-state index >= 15 is 0 Å². The van der Waals surface area contributed by atoms with Crippen LogP contribution in [-0.2, 0) is 18.4 Å². The first kappa shape index (κ1) is 22.9. The molecular weight excluding hydrogens is 465 g/mol. The second-order valence-electron chi connectivity index (χ2n) is 6.44. The smallest absolute Gasteiger partial charge is 0.271 e. The van der Waals surface area contributed by atoms with Crippen molar-refractivity contribution >= 4 is 52.2 Å². The summed E-state index contributed by atoms with van der Waals surface area (Å²) in [4.78, 5) is 22.6. The van der Waals surface area contributed by atoms with E-state index in [1.165, 1.54) is 18.2 Å². The number of nitrogens with zero attached hydrogens (tertiary/aromatic N) is 4. The second-order valence-corrected chi connectivity index (χ2v) is 8.20. The molecule has 12 heteroatoms. The predicted molar refractivity (Wildman–Crippen MR) is 119 cm³/mol. The standard InChI is InChI=1S/C19H17Cl2N5O4S/c1-11-3-5-14(21)16(7-11)30-9-17-23-24-19(25(17)2)31-10-18(27)22-15-8-12(26(28)29)4-6-13(15)20/h3-8H,9-10H2,1-2H3,(H,22,27). The van der Waals surface area contributed by atoms with E-state index in [1.54, 1.807) is 17.7 Å². The number of aromatic nitrogens is 3. The molecule has 9 nitrogen and oxygen atoms in total. The van der Waals surface area contributed by atoms with Crippen molar-refractivity contribution in [3.63, 3.8) is 0 Å². The summed E-state index contributed by atoms with van der Waals surface area (Å²) in [7, 11) is 1.76. The first-order valence-electron chi connectivity index (χ1n) is 8.88. The number of nitrogens with one attached hydrogen (secondary N) is 1. The van der Waals surface area contributed by atoms with Crippen LogP contribution in [0.4, 0.5) is 11.4 Å². The Hall–Kier alpha value is -2.82. The Morgan fingerprint density at radius 3 is 2.71 bits per heavy atom. The lowest BCUT2D eigenvalue weighted by atomic mass is 10.2. The van der Waals surface area contributed by atoms with E-state index in [-0.39, 0.29) is 34.7 Å². The molecule has 0 spiro atoms. The Bertz CT molecular complexity index is 1140. The van der Waals surface area contributed by atoms with Gasteiger partial charge < -0.3 is 14.6 Å². The van der Waals surface area contributed by atoms with Crippen LogP contribution in [0, 0.1) is 17.0 Å². The average molecular weight is 482 g/mol. The number of halogens is 2. The third-order valence-electron chi connectivity index (χ3n) is 4.14. The normalized spacial score (nSPS) is 10.7. The quantitative estimate of drug-likeness (QED) is 0.283. The number of ether oxygens (including phenoxy) is 1. The fourth-order valence-corrected chi connectivity index (χ4v) is 3.57. The Labute approximate surface area is 191 Å². The molecule has 1 heterocycles. The molecule has 162 valence electrons. The number of nitro benzene ring substituents is 1. The van der Waals surface area contributed by atoms with E-state index in [0.717, 1.165) is 17.3 Å². The third kappa shape index (κ3) is 5.87. The average Bonchev–Trinajstić information content (AvgIpc) is 3.08. The molecule has 0 aliphatic carbocycles. The fraction of sp³-hybridized carbons (Fsp3) is 0.211. The molecule has 0 atom stereocenters. The molecule has 31 heavy (non-hydrogen) atoms. The monoisotopic (exact) mass is 481 g/mol. The first-order chi connectivity index (χ1) is 14.7. The Morgan fingerprint density at radius 2 is 1.97 bits per heavy atom. The van der Waals surface area contributed by atoms with Gasteiger partial charge in [0.25, 0.3) is 5.69 Å². The highest BCUT2D eigenvalue weighted by Crippen LogP contribution is 2.28. The Morgan fingerprint density at radius 1 is 1.23 bits per heavy atom. The van der Waals surface area contributed by atoms with E-state index in [2.05, 4.69) is 15.5 Å². The maximum absolute atomic E-state index is 12.3. The predicted octanol–water partition coefficient (Wildman–Crippen LogP) is 4.65. The zero-order chi connectivity index (χ0) is 22.5. The molecule has 0 aliphatic heterocycles. The molecule has 0 saturated heterocycles. The highest BCUT2D eigenvalue weighted by molar-refractivity contribution is 7.99. The fourth-order valence-electron chi connectivity index (χ4n) is 2.50. The largest absolute Gasteiger partial charge is 0.484 e. The van der Waals surface area contributed by atoms with E-state index in [0.29, 0.717) is 21.8 Å². The number of aryl methyl sites for hydroxylation is 1. The van der Waals surface area contributed by atoms with Gasteiger partial charge in [-0.1, -0.05) is 41.0 Å². The number of nitro groups is 1. The summed E-state index contributed by atoms with van der Waals surface area (Å²) in [5.74, 6) is 0.726. The Balaban J connectivity index is 1.58. The molecular formula is C19H17Cl2N5O4S. The van der Waals surface area contributed by atoms with Crippen LogP contribution in [0.5, 0.6) is 5.75 Å². The van der Waals surface area contributed by atoms with Gasteiger partial charge in [0.05, 0.1) is 26.4 Å². The van der Waals surface area contributed by atoms with Gasteiger partial charge in [0.1, 0.15) is 12.4 Å². The summed E-state index contributed by atoms with van der Waals surface area (Å²) >= 11 is 13.3. The molecule has 0 fully saturated rings. The third-order valence-corrected chi connectivity index (χ3v) is 5.80. The number of hydrogen-bond donors (Lipinski definition) is 1. The number of carbonyl (C=O) groups is 1. The number of carbonyl (C=O) groups excluding carboxylic acids is 1. The van der Waals surface area contributed by atoms with Crippen molar-refractivity contribution in [2.75, 3.05) is 11.1 Å². The van der Waals surface area contributed by atoms with Crippen LogP contribution < -0.4 is 10.1 Å². The zero-order valence-electron chi connectivity index (χ0n) is 16.5. The van der Waals surface area contributed by atoms with E-state index in [9.17, 15) is 14.9 Å². The van der Waals surface area contributed by atoms with Gasteiger partial charge in [0, 0.05) is 19.2 Å². The summed E-state index contributed by atoms with van der Waals surface area (Å²) in [5, 5.41) is 22.8. The second kappa shape index (κ2) is 9.99. The maximum Gasteiger partial charge on any atom is 0.271 e. The minimum atomic E-state index is -0.562. The van der Waals surface area contributed by atoms with Gasteiger partial charge in [0.15, 0.2) is 11.0 Å². The van der Waals surface area contributed by atoms with Gasteiger partial charge in [-0.3, -0.25) is 14.9 Å². The molecule has 0 unspecified atom stereocenters. The number of rotatable bonds is 8. The summed E-state index contributed by atoms with van der Waals surface area (Å²) in [6, 6.07) is 9.31. The lowest BCUT2D eigenvalue weighted by molar-refractivity contribution is -0.384. The van der Waals surface area contributed by atoms with Crippen LogP contribution in [0.15, 0.2) is 41.6 Å². The number of anilines is 1. The van der Waals surface area contributed by atoms with Crippen LogP contribution in [0.1, 0.15) is 11.4 Å². The van der Waals surface area contributed by atoms with Gasteiger partial charge in [-0.15, -0.1) is 10.2 Å². The summed E-state index contributed by atoms with van der Waals surface area (Å²) in [5.41, 5.74) is 1.02. The molecule has 1 amide bonds. The van der Waals surface area contributed by atoms with Crippen molar-refractivity contribution in [2.45, 2.75) is 18.7 Å². The molecule has 3 aromatic rings. The lowest BCUT2D eigenvalue weighted by Crippen LogP contribution is -2.15. The first-order valence-corrected chi connectivity index (χ1v) is 10.6. The van der Waals surface area contributed by atoms with Crippen molar-refractivity contribution in [1.82, 2.24) is 14.8 Å². The van der Waals surface area contributed by atoms with Gasteiger partial charge in [0.2, 0.25) is 5.91 Å². The molecule has 3 rings (SSSR count). The Kier molecular flexibility index (Phi) is 7.37. The summed E-state index contributed by atoms with van der Waals surface area (Å²) in [6.45, 7) is 2.09. The van der Waals surface area contributed by atoms with Crippen LogP contribution in [-0.4, -0.2) is 31.3 Å². The van der Waals surface area contributed by atoms with Crippen molar-refractivity contribution < 1.29 is 14.5 Å². The van der Waals surface area contributed by atoms with Crippen molar-refractivity contribution in [1.29, 1.82) is 0 Å². The minimum absolute atomic E-state index is 0.00948. The number of benzene rings is 2. The SMILES string of the molecule is Cc1ccc(Cl)c(OCc2nnc(SCC(=O)Nc3cc([N+](=O)[O-])ccc3Cl)n2C)c1. The highest BCUT2D eigenvalue weighted by atomic mass is 35.5. The van der Waals surface area contributed by atoms with Crippen molar-refractivity contribution in [2.24, 2.45) is 7.05 Å².